The normalized spacial score (nSPS) is 10.8. The van der Waals surface area contributed by atoms with Gasteiger partial charge in [-0.05, 0) is 85.7 Å². The van der Waals surface area contributed by atoms with Crippen molar-refractivity contribution in [3.8, 4) is 11.5 Å². The Morgan fingerprint density at radius 2 is 1.69 bits per heavy atom. The molecule has 7 nitrogen and oxygen atoms in total. The van der Waals surface area contributed by atoms with Gasteiger partial charge in [0.15, 0.2) is 11.5 Å². The highest BCUT2D eigenvalue weighted by Gasteiger charge is 2.23. The molecule has 3 rings (SSSR count). The Morgan fingerprint density at radius 1 is 0.949 bits per heavy atom. The van der Waals surface area contributed by atoms with Crippen LogP contribution in [0.1, 0.15) is 39.7 Å². The predicted octanol–water partition coefficient (Wildman–Crippen LogP) is 5.35. The van der Waals surface area contributed by atoms with Crippen molar-refractivity contribution in [1.29, 1.82) is 0 Å². The number of hydrogen-bond donors (Lipinski definition) is 0. The number of thiophene rings is 1. The van der Waals surface area contributed by atoms with Crippen molar-refractivity contribution in [1.82, 2.24) is 9.80 Å². The SMILES string of the molecule is CCOCCCN(CC(=O)N(CCc1ccc(OC)c(OC)c1)Cc1sccc1C)C(=O)c1ccc(F)cc1. The summed E-state index contributed by atoms with van der Waals surface area (Å²) in [5.74, 6) is 0.387. The third kappa shape index (κ3) is 8.80. The Balaban J connectivity index is 1.79. The van der Waals surface area contributed by atoms with Gasteiger partial charge >= 0.3 is 0 Å². The van der Waals surface area contributed by atoms with Crippen molar-refractivity contribution >= 4 is 23.2 Å². The Morgan fingerprint density at radius 3 is 2.33 bits per heavy atom. The fourth-order valence-electron chi connectivity index (χ4n) is 4.12. The number of carbonyl (C=O) groups excluding carboxylic acids is 2. The Hall–Kier alpha value is -3.43. The number of ether oxygens (including phenoxy) is 3. The third-order valence-corrected chi connectivity index (χ3v) is 7.41. The highest BCUT2D eigenvalue weighted by atomic mass is 32.1. The monoisotopic (exact) mass is 556 g/mol. The summed E-state index contributed by atoms with van der Waals surface area (Å²) in [6.07, 6.45) is 1.19. The van der Waals surface area contributed by atoms with E-state index in [-0.39, 0.29) is 18.4 Å². The molecule has 0 aliphatic carbocycles. The van der Waals surface area contributed by atoms with Crippen LogP contribution in [0.2, 0.25) is 0 Å². The second-order valence-electron chi connectivity index (χ2n) is 9.07. The van der Waals surface area contributed by atoms with Crippen molar-refractivity contribution in [3.63, 3.8) is 0 Å². The molecule has 210 valence electrons. The van der Waals surface area contributed by atoms with Crippen LogP contribution in [-0.2, 0) is 22.5 Å². The Bertz CT molecular complexity index is 1210. The molecule has 2 aromatic carbocycles. The molecule has 39 heavy (non-hydrogen) atoms. The number of rotatable bonds is 15. The number of carbonyl (C=O) groups is 2. The molecule has 0 spiro atoms. The van der Waals surface area contributed by atoms with Gasteiger partial charge in [0.25, 0.3) is 5.91 Å². The number of aryl methyl sites for hydroxylation is 1. The van der Waals surface area contributed by atoms with Gasteiger partial charge in [-0.2, -0.15) is 0 Å². The van der Waals surface area contributed by atoms with Crippen LogP contribution in [0.15, 0.2) is 53.9 Å². The molecule has 2 amide bonds. The summed E-state index contributed by atoms with van der Waals surface area (Å²) < 4.78 is 29.7. The third-order valence-electron chi connectivity index (χ3n) is 6.40. The van der Waals surface area contributed by atoms with E-state index in [1.54, 1.807) is 30.5 Å². The van der Waals surface area contributed by atoms with Gasteiger partial charge in [-0.25, -0.2) is 4.39 Å². The van der Waals surface area contributed by atoms with Crippen molar-refractivity contribution < 1.29 is 28.2 Å². The maximum absolute atomic E-state index is 13.7. The van der Waals surface area contributed by atoms with Gasteiger partial charge in [0.1, 0.15) is 12.4 Å². The standard InChI is InChI=1S/C30H37FN2O5S/c1-5-38-17-6-15-33(30(35)24-8-10-25(31)11-9-24)21-29(34)32(20-28-22(2)14-18-39-28)16-13-23-7-12-26(36-3)27(19-23)37-4/h7-12,14,18-19H,5-6,13,15-17,20-21H2,1-4H3. The van der Waals surface area contributed by atoms with E-state index in [1.807, 2.05) is 43.5 Å². The molecule has 0 N–H and O–H groups in total. The molecule has 0 aliphatic heterocycles. The lowest BCUT2D eigenvalue weighted by atomic mass is 10.1. The van der Waals surface area contributed by atoms with E-state index < -0.39 is 5.82 Å². The minimum absolute atomic E-state index is 0.0846. The fourth-order valence-corrected chi connectivity index (χ4v) is 5.04. The van der Waals surface area contributed by atoms with Gasteiger partial charge in [-0.1, -0.05) is 6.07 Å². The number of methoxy groups -OCH3 is 2. The lowest BCUT2D eigenvalue weighted by Gasteiger charge is -2.28. The first kappa shape index (κ1) is 30.1. The predicted molar refractivity (Wildman–Crippen MR) is 151 cm³/mol. The van der Waals surface area contributed by atoms with Gasteiger partial charge in [0, 0.05) is 36.7 Å². The molecule has 1 heterocycles. The molecular weight excluding hydrogens is 519 g/mol. The lowest BCUT2D eigenvalue weighted by Crippen LogP contribution is -2.44. The lowest BCUT2D eigenvalue weighted by molar-refractivity contribution is -0.132. The van der Waals surface area contributed by atoms with Crippen LogP contribution in [0, 0.1) is 12.7 Å². The first-order chi connectivity index (χ1) is 18.9. The Kier molecular flexibility index (Phi) is 11.8. The molecule has 0 unspecified atom stereocenters. The summed E-state index contributed by atoms with van der Waals surface area (Å²) in [6.45, 7) is 6.18. The summed E-state index contributed by atoms with van der Waals surface area (Å²) in [7, 11) is 3.18. The van der Waals surface area contributed by atoms with Gasteiger partial charge < -0.3 is 24.0 Å². The van der Waals surface area contributed by atoms with E-state index in [0.717, 1.165) is 16.0 Å². The van der Waals surface area contributed by atoms with Gasteiger partial charge in [0.05, 0.1) is 20.8 Å². The topological polar surface area (TPSA) is 68.3 Å². The van der Waals surface area contributed by atoms with Crippen LogP contribution in [0.25, 0.3) is 0 Å². The number of hydrogen-bond acceptors (Lipinski definition) is 6. The van der Waals surface area contributed by atoms with E-state index >= 15 is 0 Å². The molecule has 0 atom stereocenters. The van der Waals surface area contributed by atoms with Crippen LogP contribution < -0.4 is 9.47 Å². The van der Waals surface area contributed by atoms with Crippen LogP contribution >= 0.6 is 11.3 Å². The molecule has 0 saturated heterocycles. The molecule has 0 radical (unpaired) electrons. The van der Waals surface area contributed by atoms with E-state index in [1.165, 1.54) is 29.2 Å². The van der Waals surface area contributed by atoms with Gasteiger partial charge in [-0.15, -0.1) is 11.3 Å². The van der Waals surface area contributed by atoms with Gasteiger partial charge in [0.2, 0.25) is 5.91 Å². The van der Waals surface area contributed by atoms with Crippen molar-refractivity contribution in [2.24, 2.45) is 0 Å². The molecule has 0 bridgehead atoms. The minimum Gasteiger partial charge on any atom is -0.493 e. The van der Waals surface area contributed by atoms with E-state index in [2.05, 4.69) is 0 Å². The summed E-state index contributed by atoms with van der Waals surface area (Å²) >= 11 is 1.61. The number of amides is 2. The number of halogens is 1. The van der Waals surface area contributed by atoms with E-state index in [0.29, 0.717) is 62.8 Å². The first-order valence-corrected chi connectivity index (χ1v) is 13.9. The molecule has 0 fully saturated rings. The van der Waals surface area contributed by atoms with E-state index in [9.17, 15) is 14.0 Å². The maximum atomic E-state index is 13.7. The summed E-state index contributed by atoms with van der Waals surface area (Å²) in [6, 6.07) is 13.2. The molecule has 0 saturated carbocycles. The summed E-state index contributed by atoms with van der Waals surface area (Å²) in [5, 5.41) is 2.01. The second kappa shape index (κ2) is 15.2. The zero-order chi connectivity index (χ0) is 28.2. The zero-order valence-electron chi connectivity index (χ0n) is 23.1. The van der Waals surface area contributed by atoms with Crippen LogP contribution in [0.3, 0.4) is 0 Å². The minimum atomic E-state index is -0.418. The maximum Gasteiger partial charge on any atom is 0.254 e. The number of nitrogens with zero attached hydrogens (tertiary/aromatic N) is 2. The summed E-state index contributed by atoms with van der Waals surface area (Å²) in [4.78, 5) is 31.5. The average molecular weight is 557 g/mol. The van der Waals surface area contributed by atoms with Crippen LogP contribution in [-0.4, -0.2) is 68.7 Å². The largest absolute Gasteiger partial charge is 0.493 e. The second-order valence-corrected chi connectivity index (χ2v) is 10.1. The van der Waals surface area contributed by atoms with Crippen LogP contribution in [0.5, 0.6) is 11.5 Å². The van der Waals surface area contributed by atoms with Crippen molar-refractivity contribution in [3.05, 3.63) is 81.3 Å². The summed E-state index contributed by atoms with van der Waals surface area (Å²) in [5.41, 5.74) is 2.47. The fraction of sp³-hybridized carbons (Fsp3) is 0.400. The zero-order valence-corrected chi connectivity index (χ0v) is 23.9. The highest BCUT2D eigenvalue weighted by molar-refractivity contribution is 7.10. The smallest absolute Gasteiger partial charge is 0.254 e. The Labute approximate surface area is 234 Å². The van der Waals surface area contributed by atoms with Gasteiger partial charge in [-0.3, -0.25) is 9.59 Å². The van der Waals surface area contributed by atoms with E-state index in [4.69, 9.17) is 14.2 Å². The van der Waals surface area contributed by atoms with Crippen molar-refractivity contribution in [2.75, 3.05) is 47.1 Å². The molecule has 9 heteroatoms. The molecule has 3 aromatic rings. The highest BCUT2D eigenvalue weighted by Crippen LogP contribution is 2.28. The first-order valence-electron chi connectivity index (χ1n) is 13.0. The molecule has 0 aliphatic rings. The molecule has 1 aromatic heterocycles. The quantitative estimate of drug-likeness (QED) is 0.236. The van der Waals surface area contributed by atoms with Crippen LogP contribution in [0.4, 0.5) is 4.39 Å². The van der Waals surface area contributed by atoms with Crippen molar-refractivity contribution in [2.45, 2.75) is 33.2 Å². The molecular formula is C30H37FN2O5S. The number of benzene rings is 2. The average Bonchev–Trinajstić information content (AvgIpc) is 3.36.